The van der Waals surface area contributed by atoms with E-state index in [2.05, 4.69) is 20.9 Å². The summed E-state index contributed by atoms with van der Waals surface area (Å²) in [4.78, 5) is 31.4. The molecule has 1 saturated heterocycles. The van der Waals surface area contributed by atoms with Crippen LogP contribution in [0, 0.1) is 11.6 Å². The molecular formula is C31H38F2N6O2. The zero-order valence-electron chi connectivity index (χ0n) is 23.5. The van der Waals surface area contributed by atoms with Crippen LogP contribution < -0.4 is 16.0 Å². The topological polar surface area (TPSA) is 91.3 Å². The number of hydrogen-bond acceptors (Lipinski definition) is 5. The second-order valence-corrected chi connectivity index (χ2v) is 10.9. The fraction of sp³-hybridized carbons (Fsp3) is 0.452. The van der Waals surface area contributed by atoms with Crippen LogP contribution in [0.1, 0.15) is 55.7 Å². The Hall–Kier alpha value is -3.63. The highest BCUT2D eigenvalue weighted by molar-refractivity contribution is 5.94. The van der Waals surface area contributed by atoms with E-state index >= 15 is 0 Å². The number of amides is 2. The molecule has 2 aromatic carbocycles. The molecule has 5 rings (SSSR count). The van der Waals surface area contributed by atoms with Crippen LogP contribution in [-0.2, 0) is 29.0 Å². The highest BCUT2D eigenvalue weighted by Gasteiger charge is 2.27. The zero-order chi connectivity index (χ0) is 28.8. The standard InChI is InChI=1S/C31H38F2N6O2/c1-2-6-27(36-24-11-10-21-15-23(32)16-26(33)25(21)17-24)31(41)37-29-19-39(20-35-29)28-8-4-3-7-22(28)18-34-12-14-38-13-5-9-30(38)40/h3-4,7-8,15-16,19-20,24,27,34,36H,2,5-6,9-14,17-18H2,1H3,(H,37,41)/t24-,27-/m0/s1. The Balaban J connectivity index is 1.18. The predicted molar refractivity (Wildman–Crippen MR) is 154 cm³/mol. The Morgan fingerprint density at radius 1 is 1.20 bits per heavy atom. The van der Waals surface area contributed by atoms with Crippen LogP contribution in [0.5, 0.6) is 0 Å². The van der Waals surface area contributed by atoms with Crippen LogP contribution in [0.25, 0.3) is 5.69 Å². The molecule has 1 aliphatic carbocycles. The second kappa shape index (κ2) is 13.4. The number of imidazole rings is 1. The largest absolute Gasteiger partial charge is 0.341 e. The summed E-state index contributed by atoms with van der Waals surface area (Å²) >= 11 is 0. The molecule has 0 radical (unpaired) electrons. The van der Waals surface area contributed by atoms with E-state index in [-0.39, 0.29) is 17.9 Å². The first-order valence-electron chi connectivity index (χ1n) is 14.6. The number of halogens is 2. The van der Waals surface area contributed by atoms with Gasteiger partial charge in [-0.3, -0.25) is 9.59 Å². The first kappa shape index (κ1) is 28.9. The molecule has 0 bridgehead atoms. The van der Waals surface area contributed by atoms with Crippen molar-refractivity contribution in [2.75, 3.05) is 25.0 Å². The number of rotatable bonds is 12. The van der Waals surface area contributed by atoms with Gasteiger partial charge in [0.05, 0.1) is 17.9 Å². The van der Waals surface area contributed by atoms with Gasteiger partial charge < -0.3 is 25.4 Å². The first-order valence-corrected chi connectivity index (χ1v) is 14.6. The molecule has 10 heteroatoms. The van der Waals surface area contributed by atoms with Crippen molar-refractivity contribution in [1.29, 1.82) is 0 Å². The molecule has 2 atom stereocenters. The van der Waals surface area contributed by atoms with Crippen LogP contribution >= 0.6 is 0 Å². The van der Waals surface area contributed by atoms with Gasteiger partial charge in [-0.25, -0.2) is 13.8 Å². The molecule has 0 unspecified atom stereocenters. The van der Waals surface area contributed by atoms with Gasteiger partial charge in [-0.1, -0.05) is 31.5 Å². The van der Waals surface area contributed by atoms with Crippen molar-refractivity contribution in [2.45, 2.75) is 70.5 Å². The Morgan fingerprint density at radius 3 is 2.85 bits per heavy atom. The number of carbonyl (C=O) groups excluding carboxylic acids is 2. The van der Waals surface area contributed by atoms with Crippen LogP contribution in [0.2, 0.25) is 0 Å². The van der Waals surface area contributed by atoms with Gasteiger partial charge in [-0.2, -0.15) is 0 Å². The summed E-state index contributed by atoms with van der Waals surface area (Å²) in [6.45, 7) is 4.91. The SMILES string of the molecule is CCC[C@H](N[C@H]1CCc2cc(F)cc(F)c2C1)C(=O)Nc1cn(-c2ccccc2CNCCN2CCCC2=O)cn1. The Bertz CT molecular complexity index is 1380. The van der Waals surface area contributed by atoms with Crippen molar-refractivity contribution >= 4 is 17.6 Å². The maximum atomic E-state index is 14.4. The summed E-state index contributed by atoms with van der Waals surface area (Å²) < 4.78 is 29.9. The molecule has 41 heavy (non-hydrogen) atoms. The smallest absolute Gasteiger partial charge is 0.242 e. The molecule has 1 aliphatic heterocycles. The number of para-hydroxylation sites is 1. The number of nitrogens with one attached hydrogen (secondary N) is 3. The third kappa shape index (κ3) is 7.18. The third-order valence-electron chi connectivity index (χ3n) is 7.95. The van der Waals surface area contributed by atoms with Crippen molar-refractivity contribution in [1.82, 2.24) is 25.1 Å². The van der Waals surface area contributed by atoms with Gasteiger partial charge in [-0.05, 0) is 60.9 Å². The third-order valence-corrected chi connectivity index (χ3v) is 7.95. The molecular weight excluding hydrogens is 526 g/mol. The van der Waals surface area contributed by atoms with Crippen molar-refractivity contribution < 1.29 is 18.4 Å². The number of nitrogens with zero attached hydrogens (tertiary/aromatic N) is 3. The van der Waals surface area contributed by atoms with E-state index in [4.69, 9.17) is 0 Å². The molecule has 0 spiro atoms. The summed E-state index contributed by atoms with van der Waals surface area (Å²) in [5.74, 6) is -0.584. The molecule has 218 valence electrons. The Labute approximate surface area is 239 Å². The highest BCUT2D eigenvalue weighted by Crippen LogP contribution is 2.26. The number of likely N-dealkylation sites (tertiary alicyclic amines) is 1. The van der Waals surface area contributed by atoms with Crippen LogP contribution in [0.4, 0.5) is 14.6 Å². The molecule has 3 aromatic rings. The zero-order valence-corrected chi connectivity index (χ0v) is 23.5. The number of carbonyl (C=O) groups is 2. The predicted octanol–water partition coefficient (Wildman–Crippen LogP) is 4.12. The fourth-order valence-corrected chi connectivity index (χ4v) is 5.81. The lowest BCUT2D eigenvalue weighted by Crippen LogP contribution is -2.48. The van der Waals surface area contributed by atoms with Crippen LogP contribution in [0.15, 0.2) is 48.9 Å². The van der Waals surface area contributed by atoms with Crippen molar-refractivity contribution in [3.63, 3.8) is 0 Å². The van der Waals surface area contributed by atoms with Gasteiger partial charge in [0.1, 0.15) is 18.0 Å². The van der Waals surface area contributed by atoms with Crippen molar-refractivity contribution in [3.05, 3.63) is 77.2 Å². The minimum absolute atomic E-state index is 0.0784. The van der Waals surface area contributed by atoms with Crippen LogP contribution in [-0.4, -0.2) is 58.0 Å². The van der Waals surface area contributed by atoms with Gasteiger partial charge in [0, 0.05) is 44.7 Å². The number of aromatic nitrogens is 2. The lowest BCUT2D eigenvalue weighted by atomic mass is 9.87. The number of benzene rings is 2. The number of anilines is 1. The molecule has 2 amide bonds. The lowest BCUT2D eigenvalue weighted by molar-refractivity contribution is -0.127. The van der Waals surface area contributed by atoms with E-state index in [9.17, 15) is 18.4 Å². The van der Waals surface area contributed by atoms with E-state index in [1.165, 1.54) is 6.07 Å². The maximum absolute atomic E-state index is 14.4. The number of fused-ring (bicyclic) bond motifs is 1. The fourth-order valence-electron chi connectivity index (χ4n) is 5.81. The Morgan fingerprint density at radius 2 is 2.05 bits per heavy atom. The van der Waals surface area contributed by atoms with E-state index in [1.54, 1.807) is 12.5 Å². The maximum Gasteiger partial charge on any atom is 0.242 e. The summed E-state index contributed by atoms with van der Waals surface area (Å²) in [6.07, 6.45) is 8.18. The molecule has 2 aliphatic rings. The minimum atomic E-state index is -0.551. The van der Waals surface area contributed by atoms with Crippen molar-refractivity contribution in [3.8, 4) is 5.69 Å². The van der Waals surface area contributed by atoms with E-state index in [1.807, 2.05) is 40.7 Å². The van der Waals surface area contributed by atoms with Gasteiger partial charge in [0.25, 0.3) is 0 Å². The molecule has 1 fully saturated rings. The first-order chi connectivity index (χ1) is 19.9. The molecule has 3 N–H and O–H groups in total. The monoisotopic (exact) mass is 564 g/mol. The molecule has 2 heterocycles. The van der Waals surface area contributed by atoms with Gasteiger partial charge in [0.2, 0.25) is 11.8 Å². The average Bonchev–Trinajstić information content (AvgIpc) is 3.60. The van der Waals surface area contributed by atoms with Gasteiger partial charge in [0.15, 0.2) is 5.82 Å². The Kier molecular flexibility index (Phi) is 9.41. The summed E-state index contributed by atoms with van der Waals surface area (Å²) in [7, 11) is 0. The second-order valence-electron chi connectivity index (χ2n) is 10.9. The van der Waals surface area contributed by atoms with Gasteiger partial charge in [-0.15, -0.1) is 0 Å². The molecule has 8 nitrogen and oxygen atoms in total. The number of hydrogen-bond donors (Lipinski definition) is 3. The summed E-state index contributed by atoms with van der Waals surface area (Å²) in [5.41, 5.74) is 3.26. The summed E-state index contributed by atoms with van der Waals surface area (Å²) in [5, 5.41) is 9.79. The van der Waals surface area contributed by atoms with Crippen molar-refractivity contribution in [2.24, 2.45) is 0 Å². The van der Waals surface area contributed by atoms with Crippen LogP contribution in [0.3, 0.4) is 0 Å². The number of aryl methyl sites for hydroxylation is 1. The minimum Gasteiger partial charge on any atom is -0.341 e. The van der Waals surface area contributed by atoms with E-state index < -0.39 is 17.7 Å². The average molecular weight is 565 g/mol. The normalized spacial score (nSPS) is 17.5. The quantitative estimate of drug-likeness (QED) is 0.288. The van der Waals surface area contributed by atoms with E-state index in [0.29, 0.717) is 68.7 Å². The molecule has 0 saturated carbocycles. The highest BCUT2D eigenvalue weighted by atomic mass is 19.1. The van der Waals surface area contributed by atoms with E-state index in [0.717, 1.165) is 36.7 Å². The van der Waals surface area contributed by atoms with Gasteiger partial charge >= 0.3 is 0 Å². The lowest BCUT2D eigenvalue weighted by Gasteiger charge is -2.29. The summed E-state index contributed by atoms with van der Waals surface area (Å²) in [6, 6.07) is 9.79. The molecule has 1 aromatic heterocycles.